The number of aromatic nitrogens is 4. The second kappa shape index (κ2) is 15.3. The molecule has 0 bridgehead atoms. The molecule has 2 aromatic heterocycles. The molecule has 2 aliphatic heterocycles. The zero-order chi connectivity index (χ0) is 41.9. The van der Waals surface area contributed by atoms with Crippen molar-refractivity contribution >= 4 is 28.9 Å². The van der Waals surface area contributed by atoms with Crippen LogP contribution < -0.4 is 5.32 Å². The number of fused-ring (bicyclic) bond motifs is 1. The molecule has 11 heteroatoms. The zero-order valence-electron chi connectivity index (χ0n) is 35.5. The fourth-order valence-corrected chi connectivity index (χ4v) is 9.26. The quantitative estimate of drug-likeness (QED) is 0.128. The number of likely N-dealkylation sites (tertiary alicyclic amines) is 2. The second-order valence-corrected chi connectivity index (χ2v) is 18.7. The lowest BCUT2D eigenvalue weighted by atomic mass is 9.96. The molecule has 3 N–H and O–H groups in total. The highest BCUT2D eigenvalue weighted by Crippen LogP contribution is 2.59. The highest BCUT2D eigenvalue weighted by Gasteiger charge is 2.56. The number of imidazole rings is 2. The first-order chi connectivity index (χ1) is 28.8. The maximum absolute atomic E-state index is 13.9. The van der Waals surface area contributed by atoms with E-state index in [4.69, 9.17) is 14.7 Å². The van der Waals surface area contributed by atoms with E-state index in [0.29, 0.717) is 6.54 Å². The van der Waals surface area contributed by atoms with Crippen LogP contribution in [0, 0.1) is 40.4 Å². The molecule has 310 valence electrons. The van der Waals surface area contributed by atoms with Crippen LogP contribution in [-0.2, 0) is 14.3 Å². The van der Waals surface area contributed by atoms with Gasteiger partial charge in [0.2, 0.25) is 11.8 Å². The van der Waals surface area contributed by atoms with Crippen molar-refractivity contribution in [1.82, 2.24) is 35.1 Å². The van der Waals surface area contributed by atoms with Crippen molar-refractivity contribution in [1.29, 1.82) is 0 Å². The number of methoxy groups -OCH3 is 1. The molecule has 11 nitrogen and oxygen atoms in total. The van der Waals surface area contributed by atoms with Gasteiger partial charge in [-0.25, -0.2) is 14.8 Å². The van der Waals surface area contributed by atoms with Crippen LogP contribution in [0.25, 0.3) is 33.5 Å². The monoisotopic (exact) mass is 805 g/mol. The number of amides is 3. The zero-order valence-corrected chi connectivity index (χ0v) is 35.5. The molecule has 2 saturated heterocycles. The number of nitrogens with zero attached hydrogens (tertiary/aromatic N) is 4. The van der Waals surface area contributed by atoms with Gasteiger partial charge in [0.05, 0.1) is 41.6 Å². The van der Waals surface area contributed by atoms with Crippen molar-refractivity contribution in [3.63, 3.8) is 0 Å². The van der Waals surface area contributed by atoms with Crippen LogP contribution in [-0.4, -0.2) is 73.9 Å². The third kappa shape index (κ3) is 7.57. The van der Waals surface area contributed by atoms with E-state index >= 15 is 0 Å². The van der Waals surface area contributed by atoms with E-state index in [2.05, 4.69) is 77.1 Å². The molecule has 4 atom stereocenters. The van der Waals surface area contributed by atoms with E-state index in [1.54, 1.807) is 0 Å². The molecular formula is C49H55N7O4. The topological polar surface area (TPSA) is 136 Å². The van der Waals surface area contributed by atoms with E-state index in [9.17, 15) is 14.4 Å². The minimum atomic E-state index is -0.690. The van der Waals surface area contributed by atoms with Crippen LogP contribution in [0.15, 0.2) is 72.8 Å². The predicted octanol–water partition coefficient (Wildman–Crippen LogP) is 8.80. The average molecular weight is 806 g/mol. The molecule has 9 rings (SSSR count). The minimum Gasteiger partial charge on any atom is -0.453 e. The summed E-state index contributed by atoms with van der Waals surface area (Å²) in [6.07, 6.45) is 5.68. The molecule has 3 aromatic carbocycles. The van der Waals surface area contributed by atoms with Gasteiger partial charge in [-0.3, -0.25) is 9.59 Å². The summed E-state index contributed by atoms with van der Waals surface area (Å²) in [7, 11) is 1.31. The number of aromatic amines is 2. The Kier molecular flexibility index (Phi) is 10.1. The number of carbonyl (C=O) groups is 3. The Hall–Kier alpha value is -5.89. The molecule has 5 aromatic rings. The van der Waals surface area contributed by atoms with Crippen molar-refractivity contribution in [3.05, 3.63) is 95.6 Å². The summed E-state index contributed by atoms with van der Waals surface area (Å²) >= 11 is 0. The number of H-pyrrole nitrogens is 2. The standard InChI is InChI=1S/C49H55N7O4/c1-29(2)31(5)45(57)55-27-48(20-21-48)26-39(55)44-52-41(34-10-8-7-9-11-34)42(53-44)35-17-14-32(15-18-35)12-13-33-16-19-36-37(24-33)51-43(50-36)38-25-49(22-23-49)28-56(38)46(58)40(30(3)4)54-47(59)60-6/h7-11,14-19,24,29-31,38-40H,20-23,25-28H2,1-6H3,(H,50,51)(H,52,53)(H,54,59)/t31-,38-,39-,40-/m0/s1. The predicted molar refractivity (Wildman–Crippen MR) is 231 cm³/mol. The summed E-state index contributed by atoms with van der Waals surface area (Å²) in [6.45, 7) is 11.6. The number of alkyl carbamates (subject to hydrolysis) is 1. The summed E-state index contributed by atoms with van der Waals surface area (Å²) in [4.78, 5) is 61.4. The Morgan fingerprint density at radius 2 is 1.33 bits per heavy atom. The number of benzene rings is 3. The fourth-order valence-electron chi connectivity index (χ4n) is 9.26. The van der Waals surface area contributed by atoms with Crippen molar-refractivity contribution < 1.29 is 19.1 Å². The highest BCUT2D eigenvalue weighted by molar-refractivity contribution is 5.87. The number of hydrogen-bond donors (Lipinski definition) is 3. The summed E-state index contributed by atoms with van der Waals surface area (Å²) in [6, 6.07) is 23.5. The molecular weight excluding hydrogens is 751 g/mol. The van der Waals surface area contributed by atoms with Gasteiger partial charge in [0, 0.05) is 41.3 Å². The Balaban J connectivity index is 0.957. The second-order valence-electron chi connectivity index (χ2n) is 18.7. The molecule has 0 unspecified atom stereocenters. The van der Waals surface area contributed by atoms with Gasteiger partial charge in [0.15, 0.2) is 0 Å². The summed E-state index contributed by atoms with van der Waals surface area (Å²) < 4.78 is 4.83. The molecule has 2 spiro atoms. The third-order valence-electron chi connectivity index (χ3n) is 13.7. The van der Waals surface area contributed by atoms with E-state index < -0.39 is 12.1 Å². The molecule has 4 heterocycles. The van der Waals surface area contributed by atoms with Gasteiger partial charge < -0.3 is 29.8 Å². The summed E-state index contributed by atoms with van der Waals surface area (Å²) in [5.41, 5.74) is 7.58. The molecule has 0 radical (unpaired) electrons. The summed E-state index contributed by atoms with van der Waals surface area (Å²) in [5, 5.41) is 2.76. The van der Waals surface area contributed by atoms with Gasteiger partial charge in [0.1, 0.15) is 17.7 Å². The fraction of sp³-hybridized carbons (Fsp3) is 0.449. The van der Waals surface area contributed by atoms with E-state index in [0.717, 1.165) is 88.6 Å². The van der Waals surface area contributed by atoms with Crippen molar-refractivity contribution in [2.24, 2.45) is 28.6 Å². The first-order valence-electron chi connectivity index (χ1n) is 21.6. The highest BCUT2D eigenvalue weighted by atomic mass is 16.5. The maximum Gasteiger partial charge on any atom is 0.407 e. The molecule has 2 saturated carbocycles. The van der Waals surface area contributed by atoms with E-state index in [-0.39, 0.29) is 52.5 Å². The lowest BCUT2D eigenvalue weighted by Crippen LogP contribution is -2.51. The van der Waals surface area contributed by atoms with E-state index in [1.165, 1.54) is 20.0 Å². The average Bonchev–Trinajstić information content (AvgIpc) is 3.90. The van der Waals surface area contributed by atoms with Crippen molar-refractivity contribution in [2.75, 3.05) is 20.2 Å². The van der Waals surface area contributed by atoms with Crippen LogP contribution in [0.4, 0.5) is 4.79 Å². The van der Waals surface area contributed by atoms with Gasteiger partial charge in [-0.2, -0.15) is 0 Å². The van der Waals surface area contributed by atoms with Crippen LogP contribution in [0.5, 0.6) is 0 Å². The summed E-state index contributed by atoms with van der Waals surface area (Å²) in [5.74, 6) is 8.52. The van der Waals surface area contributed by atoms with Gasteiger partial charge >= 0.3 is 6.09 Å². The first-order valence-corrected chi connectivity index (χ1v) is 21.6. The third-order valence-corrected chi connectivity index (χ3v) is 13.7. The van der Waals surface area contributed by atoms with Gasteiger partial charge in [0.25, 0.3) is 0 Å². The van der Waals surface area contributed by atoms with Gasteiger partial charge in [-0.05, 0) is 91.5 Å². The van der Waals surface area contributed by atoms with Crippen LogP contribution in [0.2, 0.25) is 0 Å². The Morgan fingerprint density at radius 3 is 1.93 bits per heavy atom. The van der Waals surface area contributed by atoms with Crippen LogP contribution in [0.3, 0.4) is 0 Å². The molecule has 4 aliphatic rings. The van der Waals surface area contributed by atoms with Crippen molar-refractivity contribution in [3.8, 4) is 34.4 Å². The number of nitrogens with one attached hydrogen (secondary N) is 3. The number of carbonyl (C=O) groups excluding carboxylic acids is 3. The Bertz CT molecular complexity index is 2500. The SMILES string of the molecule is COC(=O)N[C@H](C(=O)N1CC2(CC2)C[C@H]1c1nc2cc(C#Cc3ccc(-c4nc([C@@H]5CC6(CC6)CN5C(=O)[C@@H](C)C(C)C)[nH]c4-c4ccccc4)cc3)ccc2[nH]1)C(C)C. The normalized spacial score (nSPS) is 20.7. The number of hydrogen-bond acceptors (Lipinski definition) is 6. The Labute approximate surface area is 352 Å². The van der Waals surface area contributed by atoms with Crippen LogP contribution >= 0.6 is 0 Å². The maximum atomic E-state index is 13.9. The van der Waals surface area contributed by atoms with Gasteiger partial charge in [-0.1, -0.05) is 88.9 Å². The lowest BCUT2D eigenvalue weighted by molar-refractivity contribution is -0.137. The Morgan fingerprint density at radius 1 is 0.733 bits per heavy atom. The molecule has 60 heavy (non-hydrogen) atoms. The van der Waals surface area contributed by atoms with Gasteiger partial charge in [-0.15, -0.1) is 0 Å². The molecule has 4 fully saturated rings. The number of rotatable bonds is 9. The largest absolute Gasteiger partial charge is 0.453 e. The minimum absolute atomic E-state index is 0.0476. The smallest absolute Gasteiger partial charge is 0.407 e. The van der Waals surface area contributed by atoms with Crippen LogP contribution in [0.1, 0.15) is 108 Å². The molecule has 2 aliphatic carbocycles. The lowest BCUT2D eigenvalue weighted by Gasteiger charge is -2.30. The number of ether oxygens (including phenoxy) is 1. The van der Waals surface area contributed by atoms with Crippen molar-refractivity contribution in [2.45, 2.75) is 91.3 Å². The molecule has 3 amide bonds. The first kappa shape index (κ1) is 39.6. The van der Waals surface area contributed by atoms with E-state index in [1.807, 2.05) is 67.3 Å².